The maximum Gasteiger partial charge on any atom is 0.226 e. The van der Waals surface area contributed by atoms with Crippen LogP contribution in [0.5, 0.6) is 0 Å². The maximum atomic E-state index is 11.8. The average Bonchev–Trinajstić information content (AvgIpc) is 2.84. The summed E-state index contributed by atoms with van der Waals surface area (Å²) >= 11 is 1.29. The number of amides is 2. The highest BCUT2D eigenvalue weighted by Crippen LogP contribution is 2.16. The van der Waals surface area contributed by atoms with E-state index in [0.717, 1.165) is 5.56 Å². The van der Waals surface area contributed by atoms with Gasteiger partial charge in [-0.3, -0.25) is 9.59 Å². The average molecular weight is 289 g/mol. The van der Waals surface area contributed by atoms with E-state index in [1.165, 1.54) is 11.3 Å². The quantitative estimate of drug-likeness (QED) is 0.849. The highest BCUT2D eigenvalue weighted by molar-refractivity contribution is 7.13. The first-order valence-electron chi connectivity index (χ1n) is 6.20. The zero-order valence-electron chi connectivity index (χ0n) is 10.8. The molecule has 0 unspecified atom stereocenters. The molecule has 6 heteroatoms. The number of nitrogens with two attached hydrogens (primary N) is 1. The molecule has 2 aromatic rings. The van der Waals surface area contributed by atoms with Crippen LogP contribution in [-0.2, 0) is 22.4 Å². The molecule has 1 aromatic carbocycles. The van der Waals surface area contributed by atoms with Gasteiger partial charge in [-0.25, -0.2) is 4.98 Å². The van der Waals surface area contributed by atoms with Crippen LogP contribution in [-0.4, -0.2) is 16.8 Å². The number of thiazole rings is 1. The van der Waals surface area contributed by atoms with Gasteiger partial charge < -0.3 is 11.1 Å². The van der Waals surface area contributed by atoms with Crippen LogP contribution in [0.15, 0.2) is 35.7 Å². The smallest absolute Gasteiger partial charge is 0.226 e. The van der Waals surface area contributed by atoms with Gasteiger partial charge >= 0.3 is 0 Å². The summed E-state index contributed by atoms with van der Waals surface area (Å²) in [5.41, 5.74) is 6.79. The lowest BCUT2D eigenvalue weighted by atomic mass is 10.1. The predicted octanol–water partition coefficient (Wildman–Crippen LogP) is 1.74. The van der Waals surface area contributed by atoms with Crippen molar-refractivity contribution in [1.82, 2.24) is 4.98 Å². The highest BCUT2D eigenvalue weighted by Gasteiger charge is 2.08. The number of aryl methyl sites for hydroxylation is 1. The van der Waals surface area contributed by atoms with Crippen LogP contribution in [0.2, 0.25) is 0 Å². The molecule has 0 aliphatic rings. The van der Waals surface area contributed by atoms with Crippen molar-refractivity contribution >= 4 is 28.3 Å². The van der Waals surface area contributed by atoms with Gasteiger partial charge in [0.05, 0.1) is 12.1 Å². The number of nitrogens with one attached hydrogen (secondary N) is 1. The lowest BCUT2D eigenvalue weighted by Crippen LogP contribution is -2.14. The zero-order chi connectivity index (χ0) is 14.4. The lowest BCUT2D eigenvalue weighted by molar-refractivity contribution is -0.117. The second kappa shape index (κ2) is 6.81. The van der Waals surface area contributed by atoms with Crippen LogP contribution in [0.1, 0.15) is 17.7 Å². The van der Waals surface area contributed by atoms with Crippen molar-refractivity contribution in [1.29, 1.82) is 0 Å². The van der Waals surface area contributed by atoms with Crippen molar-refractivity contribution in [3.8, 4) is 0 Å². The Balaban J connectivity index is 1.82. The van der Waals surface area contributed by atoms with E-state index < -0.39 is 5.91 Å². The van der Waals surface area contributed by atoms with Crippen molar-refractivity contribution in [2.75, 3.05) is 5.32 Å². The Hall–Kier alpha value is -2.21. The SMILES string of the molecule is NC(=O)Cc1csc(NC(=O)CCc2ccccc2)n1. The van der Waals surface area contributed by atoms with E-state index in [2.05, 4.69) is 10.3 Å². The first-order chi connectivity index (χ1) is 9.63. The molecule has 0 atom stereocenters. The maximum absolute atomic E-state index is 11.8. The van der Waals surface area contributed by atoms with Crippen LogP contribution >= 0.6 is 11.3 Å². The standard InChI is InChI=1S/C14H15N3O2S/c15-12(18)8-11-9-20-14(16-11)17-13(19)7-6-10-4-2-1-3-5-10/h1-5,9H,6-8H2,(H2,15,18)(H,16,17,19). The predicted molar refractivity (Wildman–Crippen MR) is 78.4 cm³/mol. The van der Waals surface area contributed by atoms with Crippen LogP contribution in [0, 0.1) is 0 Å². The van der Waals surface area contributed by atoms with E-state index in [0.29, 0.717) is 23.7 Å². The van der Waals surface area contributed by atoms with Crippen LogP contribution in [0.3, 0.4) is 0 Å². The number of nitrogens with zero attached hydrogens (tertiary/aromatic N) is 1. The molecule has 0 bridgehead atoms. The highest BCUT2D eigenvalue weighted by atomic mass is 32.1. The number of hydrogen-bond acceptors (Lipinski definition) is 4. The molecule has 0 radical (unpaired) electrons. The largest absolute Gasteiger partial charge is 0.369 e. The molecule has 0 saturated heterocycles. The summed E-state index contributed by atoms with van der Waals surface area (Å²) in [6.07, 6.45) is 1.18. The van der Waals surface area contributed by atoms with Crippen molar-refractivity contribution in [2.24, 2.45) is 5.73 Å². The van der Waals surface area contributed by atoms with Crippen molar-refractivity contribution in [2.45, 2.75) is 19.3 Å². The number of primary amides is 1. The summed E-state index contributed by atoms with van der Waals surface area (Å²) in [7, 11) is 0. The summed E-state index contributed by atoms with van der Waals surface area (Å²) < 4.78 is 0. The molecule has 1 heterocycles. The minimum Gasteiger partial charge on any atom is -0.369 e. The molecule has 0 spiro atoms. The first kappa shape index (κ1) is 14.2. The summed E-state index contributed by atoms with van der Waals surface area (Å²) in [6.45, 7) is 0. The van der Waals surface area contributed by atoms with Gasteiger partial charge in [-0.1, -0.05) is 30.3 Å². The molecule has 5 nitrogen and oxygen atoms in total. The number of aromatic nitrogens is 1. The molecule has 0 aliphatic carbocycles. The molecule has 2 rings (SSSR count). The Morgan fingerprint density at radius 3 is 2.70 bits per heavy atom. The minimum absolute atomic E-state index is 0.0890. The van der Waals surface area contributed by atoms with E-state index in [1.807, 2.05) is 30.3 Å². The van der Waals surface area contributed by atoms with Gasteiger partial charge in [-0.2, -0.15) is 0 Å². The van der Waals surface area contributed by atoms with Crippen molar-refractivity contribution in [3.63, 3.8) is 0 Å². The Labute approximate surface area is 120 Å². The van der Waals surface area contributed by atoms with Crippen molar-refractivity contribution in [3.05, 3.63) is 47.0 Å². The number of benzene rings is 1. The van der Waals surface area contributed by atoms with Crippen LogP contribution in [0.25, 0.3) is 0 Å². The van der Waals surface area contributed by atoms with E-state index >= 15 is 0 Å². The third kappa shape index (κ3) is 4.47. The molecular formula is C14H15N3O2S. The monoisotopic (exact) mass is 289 g/mol. The van der Waals surface area contributed by atoms with Crippen LogP contribution in [0.4, 0.5) is 5.13 Å². The van der Waals surface area contributed by atoms with Gasteiger partial charge in [0.25, 0.3) is 0 Å². The number of carbonyl (C=O) groups excluding carboxylic acids is 2. The summed E-state index contributed by atoms with van der Waals surface area (Å²) in [5, 5.41) is 4.94. The topological polar surface area (TPSA) is 85.1 Å². The van der Waals surface area contributed by atoms with Gasteiger partial charge in [0.1, 0.15) is 0 Å². The van der Waals surface area contributed by atoms with Gasteiger partial charge in [0, 0.05) is 11.8 Å². The first-order valence-corrected chi connectivity index (χ1v) is 7.08. The second-order valence-corrected chi connectivity index (χ2v) is 5.18. The van der Waals surface area contributed by atoms with Gasteiger partial charge in [0.2, 0.25) is 11.8 Å². The van der Waals surface area contributed by atoms with Gasteiger partial charge in [0.15, 0.2) is 5.13 Å². The Bertz CT molecular complexity index is 595. The summed E-state index contributed by atoms with van der Waals surface area (Å²) in [4.78, 5) is 26.7. The summed E-state index contributed by atoms with van der Waals surface area (Å²) in [6, 6.07) is 9.82. The third-order valence-electron chi connectivity index (χ3n) is 2.64. The number of hydrogen-bond donors (Lipinski definition) is 2. The molecule has 0 aliphatic heterocycles. The normalized spacial score (nSPS) is 10.2. The number of rotatable bonds is 6. The minimum atomic E-state index is -0.433. The molecular weight excluding hydrogens is 274 g/mol. The lowest BCUT2D eigenvalue weighted by Gasteiger charge is -2.02. The summed E-state index contributed by atoms with van der Waals surface area (Å²) in [5.74, 6) is -0.522. The number of carbonyl (C=O) groups is 2. The molecule has 0 fully saturated rings. The Morgan fingerprint density at radius 1 is 1.25 bits per heavy atom. The van der Waals surface area contributed by atoms with E-state index in [1.54, 1.807) is 5.38 Å². The van der Waals surface area contributed by atoms with E-state index in [-0.39, 0.29) is 12.3 Å². The van der Waals surface area contributed by atoms with Gasteiger partial charge in [-0.15, -0.1) is 11.3 Å². The van der Waals surface area contributed by atoms with E-state index in [4.69, 9.17) is 5.73 Å². The molecule has 2 amide bonds. The molecule has 0 saturated carbocycles. The Morgan fingerprint density at radius 2 is 2.00 bits per heavy atom. The molecule has 104 valence electrons. The van der Waals surface area contributed by atoms with Crippen LogP contribution < -0.4 is 11.1 Å². The zero-order valence-corrected chi connectivity index (χ0v) is 11.7. The second-order valence-electron chi connectivity index (χ2n) is 4.32. The molecule has 1 aromatic heterocycles. The van der Waals surface area contributed by atoms with Gasteiger partial charge in [-0.05, 0) is 12.0 Å². The molecule has 3 N–H and O–H groups in total. The fourth-order valence-corrected chi connectivity index (χ4v) is 2.43. The molecule has 20 heavy (non-hydrogen) atoms. The third-order valence-corrected chi connectivity index (χ3v) is 3.44. The Kier molecular flexibility index (Phi) is 4.84. The fraction of sp³-hybridized carbons (Fsp3) is 0.214. The number of anilines is 1. The van der Waals surface area contributed by atoms with Crippen molar-refractivity contribution < 1.29 is 9.59 Å². The fourth-order valence-electron chi connectivity index (χ4n) is 1.71. The van der Waals surface area contributed by atoms with E-state index in [9.17, 15) is 9.59 Å².